The summed E-state index contributed by atoms with van der Waals surface area (Å²) < 4.78 is 24.9. The number of nitrogens with one attached hydrogen (secondary N) is 1. The molecule has 0 fully saturated rings. The maximum atomic E-state index is 11.2. The fraction of sp³-hybridized carbons (Fsp3) is 0.600. The summed E-state index contributed by atoms with van der Waals surface area (Å²) in [5, 5.41) is 2.50. The minimum Gasteiger partial charge on any atom is -0.214 e. The van der Waals surface area contributed by atoms with Gasteiger partial charge in [-0.05, 0) is 25.3 Å². The Morgan fingerprint density at radius 1 is 1.56 bits per heavy atom. The van der Waals surface area contributed by atoms with Crippen LogP contribution in [-0.2, 0) is 10.0 Å². The van der Waals surface area contributed by atoms with Gasteiger partial charge in [0.15, 0.2) is 0 Å². The third-order valence-corrected chi connectivity index (χ3v) is 5.92. The zero-order valence-corrected chi connectivity index (χ0v) is 11.9. The molecular weight excluding hydrogens is 262 g/mol. The molecule has 0 aliphatic rings. The number of thiophene rings is 1. The van der Waals surface area contributed by atoms with Gasteiger partial charge in [-0.25, -0.2) is 13.1 Å². The Hall–Kier alpha value is -0.0400. The molecule has 3 nitrogen and oxygen atoms in total. The molecule has 0 saturated heterocycles. The molecule has 1 aromatic rings. The molecule has 0 bridgehead atoms. The lowest BCUT2D eigenvalue weighted by molar-refractivity contribution is 0.585. The normalized spacial score (nSPS) is 13.9. The third-order valence-electron chi connectivity index (χ3n) is 2.12. The standard InChI is InChI=1S/C10H17NO2S3/c1-3-16(12,13)11-6-8-14-9(2)10-5-4-7-15-10/h4-5,7,9,11H,3,6,8H2,1-2H3/t9-/m0/s1. The molecule has 0 spiro atoms. The van der Waals surface area contributed by atoms with Crippen LogP contribution < -0.4 is 4.72 Å². The fourth-order valence-corrected chi connectivity index (χ4v) is 3.74. The Labute approximate surface area is 106 Å². The number of sulfonamides is 1. The first-order chi connectivity index (χ1) is 7.55. The molecule has 6 heteroatoms. The second-order valence-corrected chi connectivity index (χ2v) is 7.85. The van der Waals surface area contributed by atoms with E-state index < -0.39 is 10.0 Å². The quantitative estimate of drug-likeness (QED) is 0.780. The lowest BCUT2D eigenvalue weighted by Gasteiger charge is -2.09. The molecule has 0 aliphatic heterocycles. The van der Waals surface area contributed by atoms with E-state index in [9.17, 15) is 8.42 Å². The van der Waals surface area contributed by atoms with Crippen LogP contribution in [0.5, 0.6) is 0 Å². The SMILES string of the molecule is CCS(=O)(=O)NCCS[C@@H](C)c1cccs1. The molecule has 1 heterocycles. The van der Waals surface area contributed by atoms with Crippen molar-refractivity contribution in [2.45, 2.75) is 19.1 Å². The van der Waals surface area contributed by atoms with Gasteiger partial charge in [0.1, 0.15) is 0 Å². The summed E-state index contributed by atoms with van der Waals surface area (Å²) in [6.07, 6.45) is 0. The number of thioether (sulfide) groups is 1. The van der Waals surface area contributed by atoms with E-state index >= 15 is 0 Å². The lowest BCUT2D eigenvalue weighted by Crippen LogP contribution is -2.27. The van der Waals surface area contributed by atoms with Gasteiger partial charge in [0.25, 0.3) is 0 Å². The van der Waals surface area contributed by atoms with Gasteiger partial charge in [-0.15, -0.1) is 11.3 Å². The summed E-state index contributed by atoms with van der Waals surface area (Å²) in [4.78, 5) is 1.34. The van der Waals surface area contributed by atoms with Gasteiger partial charge in [-0.2, -0.15) is 11.8 Å². The molecule has 0 saturated carbocycles. The van der Waals surface area contributed by atoms with Crippen molar-refractivity contribution in [1.82, 2.24) is 4.72 Å². The smallest absolute Gasteiger partial charge is 0.211 e. The first-order valence-corrected chi connectivity index (χ1v) is 8.75. The van der Waals surface area contributed by atoms with E-state index in [-0.39, 0.29) is 5.75 Å². The van der Waals surface area contributed by atoms with Crippen molar-refractivity contribution in [2.24, 2.45) is 0 Å². The molecule has 0 aliphatic carbocycles. The van der Waals surface area contributed by atoms with Crippen LogP contribution in [0.2, 0.25) is 0 Å². The highest BCUT2D eigenvalue weighted by molar-refractivity contribution is 7.99. The molecule has 16 heavy (non-hydrogen) atoms. The topological polar surface area (TPSA) is 46.2 Å². The highest BCUT2D eigenvalue weighted by Gasteiger charge is 2.08. The van der Waals surface area contributed by atoms with E-state index in [1.807, 2.05) is 6.07 Å². The minimum absolute atomic E-state index is 0.151. The van der Waals surface area contributed by atoms with Crippen molar-refractivity contribution in [3.05, 3.63) is 22.4 Å². The molecule has 0 radical (unpaired) electrons. The average molecular weight is 279 g/mol. The molecule has 0 aromatic carbocycles. The largest absolute Gasteiger partial charge is 0.214 e. The first kappa shape index (κ1) is 14.0. The maximum Gasteiger partial charge on any atom is 0.211 e. The Bertz CT molecular complexity index is 386. The van der Waals surface area contributed by atoms with Gasteiger partial charge in [0.2, 0.25) is 10.0 Å². The van der Waals surface area contributed by atoms with E-state index in [4.69, 9.17) is 0 Å². The van der Waals surface area contributed by atoms with Crippen LogP contribution in [0.15, 0.2) is 17.5 Å². The van der Waals surface area contributed by atoms with Crippen LogP contribution in [0, 0.1) is 0 Å². The number of hydrogen-bond acceptors (Lipinski definition) is 4. The predicted octanol–water partition coefficient (Wildman–Crippen LogP) is 2.48. The van der Waals surface area contributed by atoms with E-state index in [1.54, 1.807) is 30.0 Å². The summed E-state index contributed by atoms with van der Waals surface area (Å²) in [6.45, 7) is 4.30. The molecule has 92 valence electrons. The zero-order valence-electron chi connectivity index (χ0n) is 9.47. The number of rotatable bonds is 7. The van der Waals surface area contributed by atoms with Gasteiger partial charge >= 0.3 is 0 Å². The summed E-state index contributed by atoms with van der Waals surface area (Å²) in [5.41, 5.74) is 0. The zero-order chi connectivity index (χ0) is 12.0. The van der Waals surface area contributed by atoms with Crippen LogP contribution in [0.1, 0.15) is 24.0 Å². The molecule has 0 unspecified atom stereocenters. The second kappa shape index (κ2) is 6.64. The minimum atomic E-state index is -3.03. The van der Waals surface area contributed by atoms with Gasteiger partial charge in [0, 0.05) is 22.4 Å². The number of hydrogen-bond donors (Lipinski definition) is 1. The maximum absolute atomic E-state index is 11.2. The van der Waals surface area contributed by atoms with Crippen molar-refractivity contribution < 1.29 is 8.42 Å². The van der Waals surface area contributed by atoms with Crippen molar-refractivity contribution in [3.63, 3.8) is 0 Å². The molecule has 1 rings (SSSR count). The predicted molar refractivity (Wildman–Crippen MR) is 72.7 cm³/mol. The van der Waals surface area contributed by atoms with E-state index in [0.717, 1.165) is 5.75 Å². The summed E-state index contributed by atoms with van der Waals surface area (Å²) in [7, 11) is -3.03. The summed E-state index contributed by atoms with van der Waals surface area (Å²) in [6, 6.07) is 4.15. The van der Waals surface area contributed by atoms with E-state index in [1.165, 1.54) is 4.88 Å². The van der Waals surface area contributed by atoms with Crippen molar-refractivity contribution in [1.29, 1.82) is 0 Å². The Morgan fingerprint density at radius 2 is 2.31 bits per heavy atom. The average Bonchev–Trinajstić information content (AvgIpc) is 2.77. The molecule has 1 aromatic heterocycles. The first-order valence-electron chi connectivity index (χ1n) is 5.17. The van der Waals surface area contributed by atoms with Gasteiger partial charge in [-0.1, -0.05) is 6.07 Å². The highest BCUT2D eigenvalue weighted by atomic mass is 32.2. The Kier molecular flexibility index (Phi) is 5.82. The third kappa shape index (κ3) is 4.86. The second-order valence-electron chi connectivity index (χ2n) is 3.33. The Balaban J connectivity index is 2.22. The van der Waals surface area contributed by atoms with Crippen molar-refractivity contribution in [3.8, 4) is 0 Å². The summed E-state index contributed by atoms with van der Waals surface area (Å²) in [5.74, 6) is 0.955. The molecule has 1 atom stereocenters. The molecular formula is C10H17NO2S3. The van der Waals surface area contributed by atoms with Crippen LogP contribution in [-0.4, -0.2) is 26.5 Å². The van der Waals surface area contributed by atoms with Crippen LogP contribution >= 0.6 is 23.1 Å². The molecule has 0 amide bonds. The van der Waals surface area contributed by atoms with E-state index in [0.29, 0.717) is 11.8 Å². The Morgan fingerprint density at radius 3 is 2.88 bits per heavy atom. The monoisotopic (exact) mass is 279 g/mol. The van der Waals surface area contributed by atoms with Gasteiger partial charge in [-0.3, -0.25) is 0 Å². The fourth-order valence-electron chi connectivity index (χ4n) is 1.14. The molecule has 1 N–H and O–H groups in total. The van der Waals surface area contributed by atoms with Crippen LogP contribution in [0.25, 0.3) is 0 Å². The highest BCUT2D eigenvalue weighted by Crippen LogP contribution is 2.30. The van der Waals surface area contributed by atoms with Gasteiger partial charge < -0.3 is 0 Å². The van der Waals surface area contributed by atoms with Crippen LogP contribution in [0.4, 0.5) is 0 Å². The van der Waals surface area contributed by atoms with Gasteiger partial charge in [0.05, 0.1) is 5.75 Å². The van der Waals surface area contributed by atoms with Crippen LogP contribution in [0.3, 0.4) is 0 Å². The van der Waals surface area contributed by atoms with Crippen molar-refractivity contribution in [2.75, 3.05) is 18.1 Å². The van der Waals surface area contributed by atoms with Crippen molar-refractivity contribution >= 4 is 33.1 Å². The lowest BCUT2D eigenvalue weighted by atomic mass is 10.4. The summed E-state index contributed by atoms with van der Waals surface area (Å²) >= 11 is 3.51. The van der Waals surface area contributed by atoms with E-state index in [2.05, 4.69) is 23.1 Å².